The third-order valence-electron chi connectivity index (χ3n) is 3.46. The summed E-state index contributed by atoms with van der Waals surface area (Å²) in [5.74, 6) is -0.343. The maximum atomic E-state index is 12.3. The van der Waals surface area contributed by atoms with Gasteiger partial charge in [0.05, 0.1) is 6.10 Å². The molecule has 4 nitrogen and oxygen atoms in total. The average Bonchev–Trinajstić information content (AvgIpc) is 2.44. The van der Waals surface area contributed by atoms with Gasteiger partial charge in [-0.05, 0) is 36.6 Å². The number of nitrogens with zero attached hydrogens (tertiary/aromatic N) is 1. The van der Waals surface area contributed by atoms with Gasteiger partial charge in [0, 0.05) is 30.2 Å². The number of carbonyl (C=O) groups excluding carboxylic acids is 1. The molecule has 0 aliphatic carbocycles. The maximum Gasteiger partial charge on any atom is 0.256 e. The van der Waals surface area contributed by atoms with Crippen LogP contribution in [0, 0.1) is 0 Å². The highest BCUT2D eigenvalue weighted by atomic mass is 35.5. The zero-order valence-corrected chi connectivity index (χ0v) is 12.7. The predicted octanol–water partition coefficient (Wildman–Crippen LogP) is 2.66. The molecule has 0 radical (unpaired) electrons. The normalized spacial score (nSPS) is 20.8. The first-order valence-corrected chi connectivity index (χ1v) is 7.22. The minimum absolute atomic E-state index is 0.0304. The summed E-state index contributed by atoms with van der Waals surface area (Å²) >= 11 is 11.8. The first kappa shape index (κ1) is 15.6. The SMILES string of the molecule is COC1CCCN(C(=O)C(O)c2cc(Cl)cc(Cl)c2)C1. The second-order valence-electron chi connectivity index (χ2n) is 4.89. The zero-order valence-electron chi connectivity index (χ0n) is 11.2. The molecule has 1 heterocycles. The van der Waals surface area contributed by atoms with Crippen LogP contribution in [0.1, 0.15) is 24.5 Å². The van der Waals surface area contributed by atoms with E-state index >= 15 is 0 Å². The molecule has 1 aliphatic heterocycles. The average molecular weight is 318 g/mol. The number of rotatable bonds is 3. The van der Waals surface area contributed by atoms with Gasteiger partial charge in [0.15, 0.2) is 6.10 Å². The summed E-state index contributed by atoms with van der Waals surface area (Å²) < 4.78 is 5.28. The van der Waals surface area contributed by atoms with Crippen LogP contribution in [0.5, 0.6) is 0 Å². The predicted molar refractivity (Wildman–Crippen MR) is 78.0 cm³/mol. The zero-order chi connectivity index (χ0) is 14.7. The van der Waals surface area contributed by atoms with Gasteiger partial charge in [0.2, 0.25) is 0 Å². The van der Waals surface area contributed by atoms with Crippen LogP contribution in [-0.4, -0.2) is 42.2 Å². The third-order valence-corrected chi connectivity index (χ3v) is 3.89. The molecule has 110 valence electrons. The molecule has 1 N–H and O–H groups in total. The molecular weight excluding hydrogens is 301 g/mol. The van der Waals surface area contributed by atoms with Crippen molar-refractivity contribution in [2.24, 2.45) is 0 Å². The molecule has 6 heteroatoms. The van der Waals surface area contributed by atoms with Crippen LogP contribution in [0.15, 0.2) is 18.2 Å². The number of ether oxygens (including phenoxy) is 1. The van der Waals surface area contributed by atoms with E-state index in [1.165, 1.54) is 0 Å². The van der Waals surface area contributed by atoms with Crippen molar-refractivity contribution in [2.75, 3.05) is 20.2 Å². The molecule has 1 fully saturated rings. The summed E-state index contributed by atoms with van der Waals surface area (Å²) in [4.78, 5) is 13.9. The van der Waals surface area contributed by atoms with Crippen molar-refractivity contribution >= 4 is 29.1 Å². The molecule has 1 amide bonds. The van der Waals surface area contributed by atoms with Gasteiger partial charge in [-0.3, -0.25) is 4.79 Å². The first-order valence-electron chi connectivity index (χ1n) is 6.47. The lowest BCUT2D eigenvalue weighted by atomic mass is 10.0. The van der Waals surface area contributed by atoms with Gasteiger partial charge in [-0.25, -0.2) is 0 Å². The maximum absolute atomic E-state index is 12.3. The van der Waals surface area contributed by atoms with Crippen LogP contribution < -0.4 is 0 Å². The Labute approximate surface area is 128 Å². The highest BCUT2D eigenvalue weighted by Gasteiger charge is 2.28. The minimum atomic E-state index is -1.25. The topological polar surface area (TPSA) is 49.8 Å². The lowest BCUT2D eigenvalue weighted by Gasteiger charge is -2.33. The number of halogens is 2. The fraction of sp³-hybridized carbons (Fsp3) is 0.500. The molecule has 0 bridgehead atoms. The van der Waals surface area contributed by atoms with Gasteiger partial charge >= 0.3 is 0 Å². The van der Waals surface area contributed by atoms with E-state index in [2.05, 4.69) is 0 Å². The standard InChI is InChI=1S/C14H17Cl2NO3/c1-20-12-3-2-4-17(8-12)14(19)13(18)9-5-10(15)7-11(16)6-9/h5-7,12-13,18H,2-4,8H2,1H3. The summed E-state index contributed by atoms with van der Waals surface area (Å²) in [5.41, 5.74) is 0.409. The summed E-state index contributed by atoms with van der Waals surface area (Å²) in [5, 5.41) is 11.0. The second-order valence-corrected chi connectivity index (χ2v) is 5.76. The van der Waals surface area contributed by atoms with Gasteiger partial charge in [0.1, 0.15) is 0 Å². The lowest BCUT2D eigenvalue weighted by Crippen LogP contribution is -2.44. The van der Waals surface area contributed by atoms with Crippen molar-refractivity contribution in [1.82, 2.24) is 4.90 Å². The van der Waals surface area contributed by atoms with Crippen LogP contribution in [0.2, 0.25) is 10.0 Å². The number of hydrogen-bond acceptors (Lipinski definition) is 3. The monoisotopic (exact) mass is 317 g/mol. The number of piperidine rings is 1. The molecule has 1 aliphatic rings. The third kappa shape index (κ3) is 3.64. The number of carbonyl (C=O) groups is 1. The Kier molecular flexibility index (Phi) is 5.27. The van der Waals surface area contributed by atoms with Crippen LogP contribution >= 0.6 is 23.2 Å². The Morgan fingerprint density at radius 1 is 1.40 bits per heavy atom. The van der Waals surface area contributed by atoms with Crippen molar-refractivity contribution in [3.63, 3.8) is 0 Å². The Bertz CT molecular complexity index is 475. The van der Waals surface area contributed by atoms with E-state index in [9.17, 15) is 9.90 Å². The van der Waals surface area contributed by atoms with Crippen molar-refractivity contribution in [1.29, 1.82) is 0 Å². The second kappa shape index (κ2) is 6.76. The number of aliphatic hydroxyl groups excluding tert-OH is 1. The van der Waals surface area contributed by atoms with E-state index in [0.29, 0.717) is 28.7 Å². The van der Waals surface area contributed by atoms with Crippen molar-refractivity contribution < 1.29 is 14.6 Å². The Hall–Kier alpha value is -0.810. The minimum Gasteiger partial charge on any atom is -0.380 e. The highest BCUT2D eigenvalue weighted by molar-refractivity contribution is 6.34. The molecule has 0 aromatic heterocycles. The van der Waals surface area contributed by atoms with Crippen LogP contribution in [0.3, 0.4) is 0 Å². The summed E-state index contributed by atoms with van der Waals surface area (Å²) in [7, 11) is 1.63. The Morgan fingerprint density at radius 3 is 2.65 bits per heavy atom. The fourth-order valence-corrected chi connectivity index (χ4v) is 2.92. The Morgan fingerprint density at radius 2 is 2.05 bits per heavy atom. The van der Waals surface area contributed by atoms with Crippen LogP contribution in [0.4, 0.5) is 0 Å². The smallest absolute Gasteiger partial charge is 0.256 e. The number of benzene rings is 1. The lowest BCUT2D eigenvalue weighted by molar-refractivity contribution is -0.144. The molecule has 20 heavy (non-hydrogen) atoms. The van der Waals surface area contributed by atoms with Gasteiger partial charge in [-0.1, -0.05) is 23.2 Å². The van der Waals surface area contributed by atoms with Gasteiger partial charge in [-0.2, -0.15) is 0 Å². The van der Waals surface area contributed by atoms with Crippen molar-refractivity contribution in [3.8, 4) is 0 Å². The van der Waals surface area contributed by atoms with E-state index < -0.39 is 6.10 Å². The van der Waals surface area contributed by atoms with Crippen molar-refractivity contribution in [3.05, 3.63) is 33.8 Å². The molecule has 1 saturated heterocycles. The number of aliphatic hydroxyl groups is 1. The van der Waals surface area contributed by atoms with E-state index in [0.717, 1.165) is 12.8 Å². The van der Waals surface area contributed by atoms with E-state index in [1.807, 2.05) is 0 Å². The number of hydrogen-bond donors (Lipinski definition) is 1. The molecule has 2 rings (SSSR count). The molecule has 0 saturated carbocycles. The summed E-state index contributed by atoms with van der Waals surface area (Å²) in [6, 6.07) is 4.66. The number of methoxy groups -OCH3 is 1. The van der Waals surface area contributed by atoms with Crippen LogP contribution in [0.25, 0.3) is 0 Å². The largest absolute Gasteiger partial charge is 0.380 e. The number of likely N-dealkylation sites (tertiary alicyclic amines) is 1. The fourth-order valence-electron chi connectivity index (χ4n) is 2.38. The molecule has 1 aromatic rings. The molecule has 1 aromatic carbocycles. The van der Waals surface area contributed by atoms with E-state index in [1.54, 1.807) is 30.2 Å². The Balaban J connectivity index is 2.11. The van der Waals surface area contributed by atoms with E-state index in [-0.39, 0.29) is 12.0 Å². The highest BCUT2D eigenvalue weighted by Crippen LogP contribution is 2.25. The van der Waals surface area contributed by atoms with Crippen molar-refractivity contribution in [2.45, 2.75) is 25.0 Å². The molecular formula is C14H17Cl2NO3. The quantitative estimate of drug-likeness (QED) is 0.932. The molecule has 2 atom stereocenters. The van der Waals surface area contributed by atoms with Gasteiger partial charge in [-0.15, -0.1) is 0 Å². The van der Waals surface area contributed by atoms with E-state index in [4.69, 9.17) is 27.9 Å². The van der Waals surface area contributed by atoms with Crippen LogP contribution in [-0.2, 0) is 9.53 Å². The van der Waals surface area contributed by atoms with Gasteiger partial charge in [0.25, 0.3) is 5.91 Å². The summed E-state index contributed by atoms with van der Waals surface area (Å²) in [6.07, 6.45) is 0.580. The summed E-state index contributed by atoms with van der Waals surface area (Å²) in [6.45, 7) is 1.13. The molecule has 2 unspecified atom stereocenters. The first-order chi connectivity index (χ1) is 9.51. The van der Waals surface area contributed by atoms with Gasteiger partial charge < -0.3 is 14.7 Å². The number of amides is 1. The molecule has 0 spiro atoms.